The summed E-state index contributed by atoms with van der Waals surface area (Å²) in [6.45, 7) is 0. The molecule has 2 atom stereocenters. The smallest absolute Gasteiger partial charge is 0.0785 e. The van der Waals surface area contributed by atoms with Gasteiger partial charge < -0.3 is 0 Å². The van der Waals surface area contributed by atoms with Crippen LogP contribution in [0.4, 0.5) is 0 Å². The summed E-state index contributed by atoms with van der Waals surface area (Å²) < 4.78 is -0.913. The molecule has 0 amide bonds. The molecule has 0 saturated carbocycles. The first-order chi connectivity index (χ1) is 14.9. The van der Waals surface area contributed by atoms with Crippen LogP contribution < -0.4 is 0 Å². The lowest BCUT2D eigenvalue weighted by Gasteiger charge is -2.54. The van der Waals surface area contributed by atoms with Crippen molar-refractivity contribution in [2.45, 2.75) is 15.4 Å². The Bertz CT molecular complexity index is 1040. The van der Waals surface area contributed by atoms with Crippen LogP contribution in [0.15, 0.2) is 111 Å². The molecular formula is C25H22S6. The summed E-state index contributed by atoms with van der Waals surface area (Å²) >= 11 is 29.7. The Morgan fingerprint density at radius 3 is 1.29 bits per heavy atom. The van der Waals surface area contributed by atoms with Gasteiger partial charge in [0.25, 0.3) is 0 Å². The number of hydrogen-bond donors (Lipinski definition) is 6. The molecule has 2 unspecified atom stereocenters. The Balaban J connectivity index is 2.22. The summed E-state index contributed by atoms with van der Waals surface area (Å²) in [5.74, 6) is 0. The fourth-order valence-electron chi connectivity index (χ4n) is 4.48. The van der Waals surface area contributed by atoms with Gasteiger partial charge in [0.2, 0.25) is 0 Å². The number of rotatable bonds is 4. The van der Waals surface area contributed by atoms with Crippen LogP contribution in [0, 0.1) is 0 Å². The fraction of sp³-hybridized carbons (Fsp3) is 0.120. The largest absolute Gasteiger partial charge is 0.169 e. The first kappa shape index (κ1) is 23.4. The highest BCUT2D eigenvalue weighted by molar-refractivity contribution is 7.95. The second-order valence-corrected chi connectivity index (χ2v) is 10.5. The van der Waals surface area contributed by atoms with Crippen LogP contribution in [0.25, 0.3) is 0 Å². The molecule has 0 aliphatic heterocycles. The Kier molecular flexibility index (Phi) is 6.97. The van der Waals surface area contributed by atoms with E-state index < -0.39 is 15.4 Å². The van der Waals surface area contributed by atoms with Gasteiger partial charge in [0, 0.05) is 19.6 Å². The van der Waals surface area contributed by atoms with E-state index in [9.17, 15) is 0 Å². The lowest BCUT2D eigenvalue weighted by Crippen LogP contribution is -2.57. The minimum absolute atomic E-state index is 0.393. The number of benzene rings is 3. The van der Waals surface area contributed by atoms with Crippen molar-refractivity contribution < 1.29 is 0 Å². The molecule has 3 aromatic carbocycles. The molecule has 0 N–H and O–H groups in total. The SMILES string of the molecule is SC1=C(S)C(S)C(S)(C(c2ccccc2)(c2ccccc2)c2ccccc2)C(S)=C1S. The monoisotopic (exact) mass is 514 g/mol. The maximum Gasteiger partial charge on any atom is 0.0785 e. The highest BCUT2D eigenvalue weighted by Crippen LogP contribution is 2.62. The van der Waals surface area contributed by atoms with Crippen molar-refractivity contribution in [2.24, 2.45) is 0 Å². The van der Waals surface area contributed by atoms with Crippen molar-refractivity contribution in [3.8, 4) is 0 Å². The third-order valence-corrected chi connectivity index (χ3v) is 10.4. The Morgan fingerprint density at radius 1 is 0.581 bits per heavy atom. The van der Waals surface area contributed by atoms with E-state index in [1.54, 1.807) is 0 Å². The molecule has 0 fully saturated rings. The van der Waals surface area contributed by atoms with Crippen LogP contribution in [-0.2, 0) is 5.41 Å². The van der Waals surface area contributed by atoms with Crippen molar-refractivity contribution in [1.82, 2.24) is 0 Å². The standard InChI is InChI=1S/C25H22S6/c26-19-20(27)22(29)25(31,23(30)21(19)28)24(16-10-4-1-5-11-16,17-12-6-2-7-13-17)18-14-8-3-9-15-18/h1-15,22,26-31H. The number of hydrogen-bond acceptors (Lipinski definition) is 6. The van der Waals surface area contributed by atoms with Gasteiger partial charge in [-0.1, -0.05) is 91.0 Å². The van der Waals surface area contributed by atoms with E-state index in [0.29, 0.717) is 14.7 Å². The predicted octanol–water partition coefficient (Wildman–Crippen LogP) is 7.14. The topological polar surface area (TPSA) is 0 Å². The van der Waals surface area contributed by atoms with Crippen molar-refractivity contribution in [2.75, 3.05) is 0 Å². The number of thiol groups is 6. The molecule has 0 aromatic heterocycles. The predicted molar refractivity (Wildman–Crippen MR) is 154 cm³/mol. The van der Waals surface area contributed by atoms with Gasteiger partial charge in [0.15, 0.2) is 0 Å². The molecule has 31 heavy (non-hydrogen) atoms. The average molecular weight is 515 g/mol. The molecule has 4 rings (SSSR count). The lowest BCUT2D eigenvalue weighted by molar-refractivity contribution is 0.494. The third kappa shape index (κ3) is 3.54. The van der Waals surface area contributed by atoms with E-state index in [1.165, 1.54) is 0 Å². The van der Waals surface area contributed by atoms with E-state index >= 15 is 0 Å². The van der Waals surface area contributed by atoms with Crippen molar-refractivity contribution in [3.63, 3.8) is 0 Å². The first-order valence-corrected chi connectivity index (χ1v) is 12.4. The summed E-state index contributed by atoms with van der Waals surface area (Å²) in [6, 6.07) is 31.2. The van der Waals surface area contributed by atoms with Gasteiger partial charge in [-0.05, 0) is 16.7 Å². The molecule has 158 valence electrons. The second-order valence-electron chi connectivity index (χ2n) is 7.45. The van der Waals surface area contributed by atoms with Gasteiger partial charge in [-0.2, -0.15) is 25.3 Å². The highest BCUT2D eigenvalue weighted by Gasteiger charge is 2.59. The Labute approximate surface area is 217 Å². The molecule has 0 saturated heterocycles. The zero-order chi connectivity index (χ0) is 22.2. The molecule has 1 aliphatic rings. The molecule has 3 aromatic rings. The van der Waals surface area contributed by atoms with Crippen LogP contribution in [0.1, 0.15) is 16.7 Å². The lowest BCUT2D eigenvalue weighted by atomic mass is 9.59. The molecule has 6 heteroatoms. The van der Waals surface area contributed by atoms with Crippen molar-refractivity contribution in [3.05, 3.63) is 127 Å². The second kappa shape index (κ2) is 9.24. The maximum atomic E-state index is 5.44. The van der Waals surface area contributed by atoms with Gasteiger partial charge in [-0.25, -0.2) is 0 Å². The fourth-order valence-corrected chi connectivity index (χ4v) is 7.38. The van der Waals surface area contributed by atoms with E-state index in [4.69, 9.17) is 63.1 Å². The molecule has 0 spiro atoms. The normalized spacial score (nSPS) is 22.1. The van der Waals surface area contributed by atoms with Crippen LogP contribution >= 0.6 is 75.8 Å². The van der Waals surface area contributed by atoms with E-state index in [1.807, 2.05) is 18.2 Å². The van der Waals surface area contributed by atoms with Gasteiger partial charge in [-0.3, -0.25) is 0 Å². The molecule has 0 radical (unpaired) electrons. The maximum absolute atomic E-state index is 5.44. The third-order valence-electron chi connectivity index (χ3n) is 5.90. The first-order valence-electron chi connectivity index (χ1n) is 9.69. The van der Waals surface area contributed by atoms with Crippen LogP contribution in [-0.4, -0.2) is 10.00 Å². The van der Waals surface area contributed by atoms with Crippen LogP contribution in [0.5, 0.6) is 0 Å². The molecule has 0 nitrogen and oxygen atoms in total. The van der Waals surface area contributed by atoms with Gasteiger partial charge in [-0.15, -0.1) is 50.5 Å². The van der Waals surface area contributed by atoms with Crippen molar-refractivity contribution in [1.29, 1.82) is 0 Å². The minimum atomic E-state index is -0.913. The zero-order valence-electron chi connectivity index (χ0n) is 16.4. The van der Waals surface area contributed by atoms with E-state index in [0.717, 1.165) is 21.6 Å². The van der Waals surface area contributed by atoms with Crippen LogP contribution in [0.3, 0.4) is 0 Å². The summed E-state index contributed by atoms with van der Waals surface area (Å²) in [5.41, 5.74) is 2.51. The average Bonchev–Trinajstić information content (AvgIpc) is 2.83. The Hall–Kier alpha value is -0.760. The molecule has 1 aliphatic carbocycles. The van der Waals surface area contributed by atoms with Crippen LogP contribution in [0.2, 0.25) is 0 Å². The summed E-state index contributed by atoms with van der Waals surface area (Å²) in [4.78, 5) is 2.75. The Morgan fingerprint density at radius 2 is 0.935 bits per heavy atom. The van der Waals surface area contributed by atoms with Gasteiger partial charge >= 0.3 is 0 Å². The van der Waals surface area contributed by atoms with E-state index in [2.05, 4.69) is 85.4 Å². The molecule has 0 bridgehead atoms. The highest BCUT2D eigenvalue weighted by atomic mass is 32.1. The van der Waals surface area contributed by atoms with E-state index in [-0.39, 0.29) is 0 Å². The molecular weight excluding hydrogens is 493 g/mol. The van der Waals surface area contributed by atoms with Gasteiger partial charge in [0.05, 0.1) is 15.4 Å². The minimum Gasteiger partial charge on any atom is -0.169 e. The zero-order valence-corrected chi connectivity index (χ0v) is 21.8. The van der Waals surface area contributed by atoms with Gasteiger partial charge in [0.1, 0.15) is 0 Å². The summed E-state index contributed by atoms with van der Waals surface area (Å²) in [6.07, 6.45) is 0. The summed E-state index contributed by atoms with van der Waals surface area (Å²) in [7, 11) is 0. The van der Waals surface area contributed by atoms with Crippen molar-refractivity contribution >= 4 is 75.8 Å². The quantitative estimate of drug-likeness (QED) is 0.155. The molecule has 0 heterocycles. The summed E-state index contributed by atoms with van der Waals surface area (Å²) in [5, 5.41) is -0.393.